The van der Waals surface area contributed by atoms with E-state index in [0.29, 0.717) is 24.5 Å². The number of hydrogen-bond donors (Lipinski definition) is 3. The van der Waals surface area contributed by atoms with Gasteiger partial charge in [-0.1, -0.05) is 42.8 Å². The van der Waals surface area contributed by atoms with Gasteiger partial charge in [0, 0.05) is 30.8 Å². The van der Waals surface area contributed by atoms with Gasteiger partial charge in [0.25, 0.3) is 0 Å². The van der Waals surface area contributed by atoms with Crippen molar-refractivity contribution in [3.8, 4) is 11.1 Å². The summed E-state index contributed by atoms with van der Waals surface area (Å²) < 4.78 is 4.65. The number of piperidine rings is 1. The molecule has 168 valence electrons. The highest BCUT2D eigenvalue weighted by Gasteiger charge is 2.40. The number of carbonyl (C=O) groups is 1. The van der Waals surface area contributed by atoms with Gasteiger partial charge in [-0.25, -0.2) is 9.78 Å². The molecule has 0 radical (unpaired) electrons. The van der Waals surface area contributed by atoms with E-state index in [1.54, 1.807) is 6.20 Å². The van der Waals surface area contributed by atoms with Crippen molar-refractivity contribution in [2.75, 3.05) is 26.7 Å². The van der Waals surface area contributed by atoms with E-state index in [2.05, 4.69) is 39.4 Å². The number of methoxy groups -OCH3 is 1. The molecule has 0 aliphatic carbocycles. The van der Waals surface area contributed by atoms with Gasteiger partial charge in [0.2, 0.25) is 0 Å². The van der Waals surface area contributed by atoms with E-state index in [9.17, 15) is 9.90 Å². The van der Waals surface area contributed by atoms with Crippen molar-refractivity contribution in [3.05, 3.63) is 52.8 Å². The molecule has 1 aromatic carbocycles. The van der Waals surface area contributed by atoms with Gasteiger partial charge in [-0.15, -0.1) is 0 Å². The zero-order valence-electron chi connectivity index (χ0n) is 18.3. The van der Waals surface area contributed by atoms with E-state index in [-0.39, 0.29) is 5.92 Å². The molecule has 1 amide bonds. The molecular formula is C24H32ClN3O3. The summed E-state index contributed by atoms with van der Waals surface area (Å²) >= 11 is 6.61. The first-order valence-corrected chi connectivity index (χ1v) is 11.4. The average Bonchev–Trinajstić information content (AvgIpc) is 2.81. The molecule has 31 heavy (non-hydrogen) atoms. The number of aromatic nitrogens is 1. The molecule has 0 spiro atoms. The number of rotatable bonds is 8. The minimum absolute atomic E-state index is 0.0333. The van der Waals surface area contributed by atoms with Gasteiger partial charge in [-0.2, -0.15) is 0 Å². The predicted octanol–water partition coefficient (Wildman–Crippen LogP) is 4.29. The molecule has 1 aliphatic heterocycles. The standard InChI is InChI=1S/C24H32ClN3O3/c1-3-17-7-4-8-18(15-17)21-20(10-14-27-22(21)25)24(30,19-9-5-12-26-16-19)11-6-13-28-23(29)31-2/h4,7-8,10,14-15,19,26,30H,3,5-6,9,11-13,16H2,1-2H3,(H,28,29)/t19-,24?/m1/s1. The summed E-state index contributed by atoms with van der Waals surface area (Å²) in [6.45, 7) is 4.23. The second-order valence-corrected chi connectivity index (χ2v) is 8.43. The maximum Gasteiger partial charge on any atom is 0.406 e. The van der Waals surface area contributed by atoms with E-state index >= 15 is 0 Å². The number of halogens is 1. The Morgan fingerprint density at radius 2 is 2.26 bits per heavy atom. The van der Waals surface area contributed by atoms with Crippen LogP contribution in [0, 0.1) is 5.92 Å². The quantitative estimate of drug-likeness (QED) is 0.417. The molecule has 3 N–H and O–H groups in total. The third kappa shape index (κ3) is 5.56. The van der Waals surface area contributed by atoms with Crippen LogP contribution in [0.3, 0.4) is 0 Å². The van der Waals surface area contributed by atoms with Crippen LogP contribution in [0.5, 0.6) is 0 Å². The van der Waals surface area contributed by atoms with Crippen LogP contribution in [-0.2, 0) is 16.8 Å². The Morgan fingerprint density at radius 1 is 1.42 bits per heavy atom. The highest BCUT2D eigenvalue weighted by molar-refractivity contribution is 6.32. The van der Waals surface area contributed by atoms with Crippen LogP contribution in [0.1, 0.15) is 43.7 Å². The van der Waals surface area contributed by atoms with E-state index in [0.717, 1.165) is 49.0 Å². The van der Waals surface area contributed by atoms with Crippen molar-refractivity contribution in [1.82, 2.24) is 15.6 Å². The number of alkyl carbamates (subject to hydrolysis) is 1. The predicted molar refractivity (Wildman–Crippen MR) is 123 cm³/mol. The summed E-state index contributed by atoms with van der Waals surface area (Å²) in [5, 5.41) is 18.7. The average molecular weight is 446 g/mol. The number of benzene rings is 1. The summed E-state index contributed by atoms with van der Waals surface area (Å²) in [6.07, 6.45) is 5.14. The minimum Gasteiger partial charge on any atom is -0.453 e. The number of amides is 1. The van der Waals surface area contributed by atoms with Crippen molar-refractivity contribution in [2.45, 2.75) is 44.6 Å². The Kier molecular flexibility index (Phi) is 8.29. The molecule has 1 aromatic heterocycles. The molecule has 1 unspecified atom stereocenters. The number of hydrogen-bond acceptors (Lipinski definition) is 5. The van der Waals surface area contributed by atoms with Crippen LogP contribution >= 0.6 is 11.6 Å². The number of aliphatic hydroxyl groups is 1. The van der Waals surface area contributed by atoms with Crippen LogP contribution in [-0.4, -0.2) is 42.9 Å². The van der Waals surface area contributed by atoms with Crippen molar-refractivity contribution in [1.29, 1.82) is 0 Å². The number of nitrogens with zero attached hydrogens (tertiary/aromatic N) is 1. The number of carbonyl (C=O) groups excluding carboxylic acids is 1. The summed E-state index contributed by atoms with van der Waals surface area (Å²) in [5.41, 5.74) is 2.65. The lowest BCUT2D eigenvalue weighted by atomic mass is 9.73. The molecule has 2 atom stereocenters. The van der Waals surface area contributed by atoms with Crippen molar-refractivity contribution < 1.29 is 14.6 Å². The first-order valence-electron chi connectivity index (χ1n) is 11.0. The third-order valence-corrected chi connectivity index (χ3v) is 6.44. The van der Waals surface area contributed by atoms with Gasteiger partial charge in [-0.3, -0.25) is 0 Å². The van der Waals surface area contributed by atoms with Crippen molar-refractivity contribution in [3.63, 3.8) is 0 Å². The Morgan fingerprint density at radius 3 is 2.97 bits per heavy atom. The SMILES string of the molecule is CCc1cccc(-c2c(C(O)(CCCNC(=O)OC)[C@@H]3CCCNC3)ccnc2Cl)c1. The fourth-order valence-corrected chi connectivity index (χ4v) is 4.72. The van der Waals surface area contributed by atoms with Gasteiger partial charge >= 0.3 is 6.09 Å². The second kappa shape index (κ2) is 10.9. The maximum absolute atomic E-state index is 12.2. The normalized spacial score (nSPS) is 18.3. The van der Waals surface area contributed by atoms with Gasteiger partial charge in [0.05, 0.1) is 12.7 Å². The van der Waals surface area contributed by atoms with Crippen molar-refractivity contribution in [2.24, 2.45) is 5.92 Å². The summed E-state index contributed by atoms with van der Waals surface area (Å²) in [7, 11) is 1.34. The van der Waals surface area contributed by atoms with E-state index in [4.69, 9.17) is 11.6 Å². The Labute approximate surface area is 189 Å². The van der Waals surface area contributed by atoms with E-state index < -0.39 is 11.7 Å². The van der Waals surface area contributed by atoms with Gasteiger partial charge in [-0.05, 0) is 61.4 Å². The maximum atomic E-state index is 12.2. The summed E-state index contributed by atoms with van der Waals surface area (Å²) in [5.74, 6) is 0.0333. The Hall–Kier alpha value is -2.15. The zero-order chi connectivity index (χ0) is 22.3. The number of ether oxygens (including phenoxy) is 1. The molecule has 0 saturated carbocycles. The van der Waals surface area contributed by atoms with Gasteiger partial charge in [0.15, 0.2) is 0 Å². The van der Waals surface area contributed by atoms with Crippen LogP contribution in [0.15, 0.2) is 36.5 Å². The smallest absolute Gasteiger partial charge is 0.406 e. The highest BCUT2D eigenvalue weighted by atomic mass is 35.5. The number of pyridine rings is 1. The number of nitrogens with one attached hydrogen (secondary N) is 2. The van der Waals surface area contributed by atoms with E-state index in [1.165, 1.54) is 12.7 Å². The largest absolute Gasteiger partial charge is 0.453 e. The van der Waals surface area contributed by atoms with Gasteiger partial charge < -0.3 is 20.5 Å². The first kappa shape index (κ1) is 23.5. The van der Waals surface area contributed by atoms with Crippen molar-refractivity contribution >= 4 is 17.7 Å². The third-order valence-electron chi connectivity index (χ3n) is 6.16. The number of aryl methyl sites for hydroxylation is 1. The molecular weight excluding hydrogens is 414 g/mol. The van der Waals surface area contributed by atoms with Gasteiger partial charge in [0.1, 0.15) is 5.15 Å². The molecule has 2 aromatic rings. The molecule has 6 nitrogen and oxygen atoms in total. The minimum atomic E-state index is -1.10. The fraction of sp³-hybridized carbons (Fsp3) is 0.500. The van der Waals surface area contributed by atoms with Crippen LogP contribution in [0.4, 0.5) is 4.79 Å². The van der Waals surface area contributed by atoms with E-state index in [1.807, 2.05) is 18.2 Å². The first-order chi connectivity index (χ1) is 15.0. The molecule has 1 fully saturated rings. The second-order valence-electron chi connectivity index (χ2n) is 8.07. The molecule has 0 bridgehead atoms. The molecule has 1 aliphatic rings. The lowest BCUT2D eigenvalue weighted by molar-refractivity contribution is -0.0416. The molecule has 2 heterocycles. The molecule has 1 saturated heterocycles. The monoisotopic (exact) mass is 445 g/mol. The fourth-order valence-electron chi connectivity index (χ4n) is 4.46. The summed E-state index contributed by atoms with van der Waals surface area (Å²) in [4.78, 5) is 15.7. The summed E-state index contributed by atoms with van der Waals surface area (Å²) in [6, 6.07) is 10.1. The zero-order valence-corrected chi connectivity index (χ0v) is 19.0. The Bertz CT molecular complexity index is 886. The Balaban J connectivity index is 2.00. The van der Waals surface area contributed by atoms with Crippen LogP contribution < -0.4 is 10.6 Å². The highest BCUT2D eigenvalue weighted by Crippen LogP contribution is 2.44. The topological polar surface area (TPSA) is 83.5 Å². The molecule has 3 rings (SSSR count). The lowest BCUT2D eigenvalue weighted by Crippen LogP contribution is -2.45. The lowest BCUT2D eigenvalue weighted by Gasteiger charge is -2.40. The van der Waals surface area contributed by atoms with Crippen LogP contribution in [0.25, 0.3) is 11.1 Å². The van der Waals surface area contributed by atoms with Crippen LogP contribution in [0.2, 0.25) is 5.15 Å². The molecule has 7 heteroatoms.